The van der Waals surface area contributed by atoms with Crippen molar-refractivity contribution in [3.05, 3.63) is 52.4 Å². The first kappa shape index (κ1) is 20.2. The van der Waals surface area contributed by atoms with Gasteiger partial charge in [-0.05, 0) is 30.3 Å². The van der Waals surface area contributed by atoms with E-state index < -0.39 is 5.92 Å². The molecule has 1 N–H and O–H groups in total. The number of halogens is 2. The number of rotatable bonds is 6. The van der Waals surface area contributed by atoms with E-state index >= 15 is 0 Å². The molecule has 0 aliphatic carbocycles. The van der Waals surface area contributed by atoms with Crippen LogP contribution in [0.1, 0.15) is 12.2 Å². The standard InChI is InChI=1S/C19H19Cl2N3O4/c1-23(11-17(25)22-13-4-5-15(20)16(21)8-13)19(27)12-7-18(26)24(9-12)10-14-3-2-6-28-14/h2-6,8,12H,7,9-11H2,1H3,(H,22,25). The molecule has 148 valence electrons. The average Bonchev–Trinajstić information content (AvgIpc) is 3.28. The highest BCUT2D eigenvalue weighted by Gasteiger charge is 2.36. The van der Waals surface area contributed by atoms with Gasteiger partial charge in [-0.3, -0.25) is 14.4 Å². The number of anilines is 1. The molecule has 7 nitrogen and oxygen atoms in total. The van der Waals surface area contributed by atoms with Crippen molar-refractivity contribution in [2.24, 2.45) is 5.92 Å². The van der Waals surface area contributed by atoms with Gasteiger partial charge in [0.2, 0.25) is 17.7 Å². The van der Waals surface area contributed by atoms with Crippen LogP contribution in [0, 0.1) is 5.92 Å². The van der Waals surface area contributed by atoms with Crippen molar-refractivity contribution in [3.8, 4) is 0 Å². The maximum atomic E-state index is 12.6. The van der Waals surface area contributed by atoms with Crippen molar-refractivity contribution in [2.75, 3.05) is 25.5 Å². The smallest absolute Gasteiger partial charge is 0.243 e. The molecule has 0 saturated carbocycles. The maximum Gasteiger partial charge on any atom is 0.243 e. The van der Waals surface area contributed by atoms with Gasteiger partial charge in [0.1, 0.15) is 5.76 Å². The zero-order chi connectivity index (χ0) is 20.3. The summed E-state index contributed by atoms with van der Waals surface area (Å²) >= 11 is 11.8. The van der Waals surface area contributed by atoms with Gasteiger partial charge in [0.15, 0.2) is 0 Å². The minimum Gasteiger partial charge on any atom is -0.467 e. The Balaban J connectivity index is 1.53. The zero-order valence-electron chi connectivity index (χ0n) is 15.2. The largest absolute Gasteiger partial charge is 0.467 e. The van der Waals surface area contributed by atoms with E-state index in [9.17, 15) is 14.4 Å². The average molecular weight is 424 g/mol. The number of nitrogens with zero attached hydrogens (tertiary/aromatic N) is 2. The molecule has 1 saturated heterocycles. The summed E-state index contributed by atoms with van der Waals surface area (Å²) in [5, 5.41) is 3.38. The molecule has 3 amide bonds. The first-order valence-corrected chi connectivity index (χ1v) is 9.39. The van der Waals surface area contributed by atoms with Crippen LogP contribution < -0.4 is 5.32 Å². The zero-order valence-corrected chi connectivity index (χ0v) is 16.7. The summed E-state index contributed by atoms with van der Waals surface area (Å²) in [5.41, 5.74) is 0.487. The minimum atomic E-state index is -0.481. The Bertz CT molecular complexity index is 885. The summed E-state index contributed by atoms with van der Waals surface area (Å²) in [7, 11) is 1.54. The molecule has 2 aromatic rings. The third kappa shape index (κ3) is 4.85. The highest BCUT2D eigenvalue weighted by atomic mass is 35.5. The number of hydrogen-bond acceptors (Lipinski definition) is 4. The predicted octanol–water partition coefficient (Wildman–Crippen LogP) is 3.03. The topological polar surface area (TPSA) is 82.9 Å². The van der Waals surface area contributed by atoms with Crippen molar-refractivity contribution < 1.29 is 18.8 Å². The van der Waals surface area contributed by atoms with Crippen LogP contribution in [0.25, 0.3) is 0 Å². The quantitative estimate of drug-likeness (QED) is 0.773. The Morgan fingerprint density at radius 2 is 2.07 bits per heavy atom. The van der Waals surface area contributed by atoms with E-state index in [2.05, 4.69) is 5.32 Å². The normalized spacial score (nSPS) is 16.3. The van der Waals surface area contributed by atoms with E-state index in [4.69, 9.17) is 27.6 Å². The number of amides is 3. The molecular formula is C19H19Cl2N3O4. The van der Waals surface area contributed by atoms with Gasteiger partial charge in [-0.15, -0.1) is 0 Å². The number of carbonyl (C=O) groups is 3. The minimum absolute atomic E-state index is 0.108. The molecule has 28 heavy (non-hydrogen) atoms. The molecule has 1 aromatic carbocycles. The van der Waals surface area contributed by atoms with Crippen molar-refractivity contribution >= 4 is 46.6 Å². The Morgan fingerprint density at radius 1 is 1.29 bits per heavy atom. The molecule has 0 radical (unpaired) electrons. The number of furan rings is 1. The van der Waals surface area contributed by atoms with Crippen molar-refractivity contribution in [1.82, 2.24) is 9.80 Å². The van der Waals surface area contributed by atoms with E-state index in [1.807, 2.05) is 0 Å². The van der Waals surface area contributed by atoms with Crippen LogP contribution in [0.5, 0.6) is 0 Å². The molecule has 3 rings (SSSR count). The van der Waals surface area contributed by atoms with Gasteiger partial charge in [0, 0.05) is 25.7 Å². The fraction of sp³-hybridized carbons (Fsp3) is 0.316. The molecule has 9 heteroatoms. The lowest BCUT2D eigenvalue weighted by molar-refractivity contribution is -0.137. The van der Waals surface area contributed by atoms with E-state index in [1.54, 1.807) is 35.4 Å². The summed E-state index contributed by atoms with van der Waals surface area (Å²) in [6.45, 7) is 0.496. The second kappa shape index (κ2) is 8.67. The number of carbonyl (C=O) groups excluding carboxylic acids is 3. The van der Waals surface area contributed by atoms with Gasteiger partial charge in [0.25, 0.3) is 0 Å². The lowest BCUT2D eigenvalue weighted by atomic mass is 10.1. The molecule has 2 heterocycles. The molecule has 1 aliphatic heterocycles. The van der Waals surface area contributed by atoms with Crippen LogP contribution in [0.4, 0.5) is 5.69 Å². The first-order valence-electron chi connectivity index (χ1n) is 8.63. The lowest BCUT2D eigenvalue weighted by Crippen LogP contribution is -2.39. The molecule has 0 bridgehead atoms. The van der Waals surface area contributed by atoms with Crippen LogP contribution in [0.2, 0.25) is 10.0 Å². The molecular weight excluding hydrogens is 405 g/mol. The second-order valence-electron chi connectivity index (χ2n) is 6.63. The predicted molar refractivity (Wildman–Crippen MR) is 105 cm³/mol. The summed E-state index contributed by atoms with van der Waals surface area (Å²) in [6.07, 6.45) is 1.66. The van der Waals surface area contributed by atoms with Crippen LogP contribution in [-0.4, -0.2) is 47.7 Å². The van der Waals surface area contributed by atoms with Crippen LogP contribution >= 0.6 is 23.2 Å². The summed E-state index contributed by atoms with van der Waals surface area (Å²) in [5.74, 6) is -0.546. The highest BCUT2D eigenvalue weighted by Crippen LogP contribution is 2.25. The number of likely N-dealkylation sites (N-methyl/N-ethyl adjacent to an activating group) is 1. The molecule has 0 spiro atoms. The number of nitrogens with one attached hydrogen (secondary N) is 1. The third-order valence-electron chi connectivity index (χ3n) is 4.45. The summed E-state index contributed by atoms with van der Waals surface area (Å²) < 4.78 is 5.25. The lowest BCUT2D eigenvalue weighted by Gasteiger charge is -2.21. The Morgan fingerprint density at radius 3 is 2.75 bits per heavy atom. The number of hydrogen-bond donors (Lipinski definition) is 1. The van der Waals surface area contributed by atoms with Gasteiger partial charge in [-0.2, -0.15) is 0 Å². The van der Waals surface area contributed by atoms with Crippen molar-refractivity contribution in [1.29, 1.82) is 0 Å². The highest BCUT2D eigenvalue weighted by molar-refractivity contribution is 6.42. The van der Waals surface area contributed by atoms with Crippen LogP contribution in [0.15, 0.2) is 41.0 Å². The van der Waals surface area contributed by atoms with Gasteiger partial charge >= 0.3 is 0 Å². The Hall–Kier alpha value is -2.51. The molecule has 1 fully saturated rings. The second-order valence-corrected chi connectivity index (χ2v) is 7.44. The SMILES string of the molecule is CN(CC(=O)Nc1ccc(Cl)c(Cl)c1)C(=O)C1CC(=O)N(Cc2ccco2)C1. The summed E-state index contributed by atoms with van der Waals surface area (Å²) in [6, 6.07) is 8.26. The maximum absolute atomic E-state index is 12.6. The van der Waals surface area contributed by atoms with E-state index in [-0.39, 0.29) is 30.7 Å². The molecule has 1 aromatic heterocycles. The number of likely N-dealkylation sites (tertiary alicyclic amines) is 1. The number of benzene rings is 1. The van der Waals surface area contributed by atoms with Gasteiger partial charge < -0.3 is 19.5 Å². The third-order valence-corrected chi connectivity index (χ3v) is 5.19. The monoisotopic (exact) mass is 423 g/mol. The fourth-order valence-corrected chi connectivity index (χ4v) is 3.36. The molecule has 1 unspecified atom stereocenters. The summed E-state index contributed by atoms with van der Waals surface area (Å²) in [4.78, 5) is 39.9. The molecule has 1 aliphatic rings. The van der Waals surface area contributed by atoms with Gasteiger partial charge in [0.05, 0.1) is 35.3 Å². The van der Waals surface area contributed by atoms with E-state index in [1.165, 1.54) is 18.0 Å². The Labute approximate surface area is 172 Å². The first-order chi connectivity index (χ1) is 13.3. The van der Waals surface area contributed by atoms with Crippen LogP contribution in [-0.2, 0) is 20.9 Å². The van der Waals surface area contributed by atoms with Crippen LogP contribution in [0.3, 0.4) is 0 Å². The molecule has 1 atom stereocenters. The van der Waals surface area contributed by atoms with E-state index in [0.717, 1.165) is 0 Å². The van der Waals surface area contributed by atoms with Crippen molar-refractivity contribution in [3.63, 3.8) is 0 Å². The Kier molecular flexibility index (Phi) is 6.26. The van der Waals surface area contributed by atoms with Crippen molar-refractivity contribution in [2.45, 2.75) is 13.0 Å². The van der Waals surface area contributed by atoms with Gasteiger partial charge in [-0.1, -0.05) is 23.2 Å². The van der Waals surface area contributed by atoms with E-state index in [0.29, 0.717) is 34.6 Å². The fourth-order valence-electron chi connectivity index (χ4n) is 3.06. The van der Waals surface area contributed by atoms with Gasteiger partial charge in [-0.25, -0.2) is 0 Å².